The number of amides is 2. The van der Waals surface area contributed by atoms with E-state index in [1.54, 1.807) is 36.0 Å². The number of aryl methyl sites for hydroxylation is 1. The van der Waals surface area contributed by atoms with E-state index in [-0.39, 0.29) is 36.0 Å². The molecule has 3 N–H and O–H groups in total. The number of ether oxygens (including phenoxy) is 3. The van der Waals surface area contributed by atoms with E-state index >= 15 is 0 Å². The summed E-state index contributed by atoms with van der Waals surface area (Å²) in [5, 5.41) is 2.73. The van der Waals surface area contributed by atoms with E-state index in [1.165, 1.54) is 32.4 Å². The number of nitrogens with zero attached hydrogens (tertiary/aromatic N) is 2. The third-order valence-corrected chi connectivity index (χ3v) is 4.63. The van der Waals surface area contributed by atoms with Crippen molar-refractivity contribution in [3.8, 4) is 22.9 Å². The van der Waals surface area contributed by atoms with Crippen molar-refractivity contribution in [2.45, 2.75) is 13.5 Å². The maximum Gasteiger partial charge on any atom is 0.255 e. The fraction of sp³-hybridized carbons (Fsp3) is 0.227. The van der Waals surface area contributed by atoms with Crippen LogP contribution in [0.15, 0.2) is 42.7 Å². The molecular formula is C22H23FN4O5. The molecule has 0 bridgehead atoms. The first kappa shape index (κ1) is 22.6. The van der Waals surface area contributed by atoms with Crippen molar-refractivity contribution in [3.05, 3.63) is 65.5 Å². The van der Waals surface area contributed by atoms with Crippen molar-refractivity contribution < 1.29 is 28.2 Å². The van der Waals surface area contributed by atoms with E-state index in [9.17, 15) is 14.0 Å². The highest BCUT2D eigenvalue weighted by Crippen LogP contribution is 2.38. The van der Waals surface area contributed by atoms with Crippen molar-refractivity contribution in [2.24, 2.45) is 5.73 Å². The number of aromatic nitrogens is 2. The fourth-order valence-corrected chi connectivity index (χ4v) is 3.07. The summed E-state index contributed by atoms with van der Waals surface area (Å²) >= 11 is 0. The van der Waals surface area contributed by atoms with Gasteiger partial charge in [-0.25, -0.2) is 9.37 Å². The monoisotopic (exact) mass is 442 g/mol. The normalized spacial score (nSPS) is 10.5. The number of hydrogen-bond acceptors (Lipinski definition) is 6. The number of hydrogen-bond donors (Lipinski definition) is 2. The van der Waals surface area contributed by atoms with Crippen LogP contribution in [0.1, 0.15) is 21.7 Å². The smallest absolute Gasteiger partial charge is 0.255 e. The van der Waals surface area contributed by atoms with Crippen LogP contribution in [-0.2, 0) is 11.3 Å². The highest BCUT2D eigenvalue weighted by Gasteiger charge is 2.18. The van der Waals surface area contributed by atoms with Gasteiger partial charge >= 0.3 is 0 Å². The van der Waals surface area contributed by atoms with Crippen LogP contribution in [0.25, 0.3) is 5.69 Å². The molecule has 0 aliphatic rings. The highest BCUT2D eigenvalue weighted by molar-refractivity contribution is 5.95. The number of imidazole rings is 1. The predicted octanol–water partition coefficient (Wildman–Crippen LogP) is 2.13. The Morgan fingerprint density at radius 3 is 2.38 bits per heavy atom. The molecule has 0 spiro atoms. The third-order valence-electron chi connectivity index (χ3n) is 4.63. The predicted molar refractivity (Wildman–Crippen MR) is 114 cm³/mol. The van der Waals surface area contributed by atoms with Crippen molar-refractivity contribution in [3.63, 3.8) is 0 Å². The first-order valence-electron chi connectivity index (χ1n) is 9.58. The van der Waals surface area contributed by atoms with Gasteiger partial charge < -0.3 is 29.8 Å². The van der Waals surface area contributed by atoms with Gasteiger partial charge in [0.2, 0.25) is 5.75 Å². The molecule has 2 aromatic carbocycles. The van der Waals surface area contributed by atoms with Crippen molar-refractivity contribution in [1.82, 2.24) is 14.9 Å². The molecule has 3 rings (SSSR count). The molecule has 10 heteroatoms. The van der Waals surface area contributed by atoms with Crippen LogP contribution in [0.5, 0.6) is 17.2 Å². The molecule has 0 radical (unpaired) electrons. The average Bonchev–Trinajstić information content (AvgIpc) is 3.20. The van der Waals surface area contributed by atoms with Crippen LogP contribution in [-0.4, -0.2) is 42.2 Å². The minimum Gasteiger partial charge on any atom is -0.493 e. The molecule has 0 aliphatic carbocycles. The van der Waals surface area contributed by atoms with Gasteiger partial charge in [-0.05, 0) is 36.8 Å². The lowest BCUT2D eigenvalue weighted by Gasteiger charge is -2.15. The van der Waals surface area contributed by atoms with Crippen molar-refractivity contribution >= 4 is 11.8 Å². The maximum absolute atomic E-state index is 14.6. The Labute approximate surface area is 183 Å². The highest BCUT2D eigenvalue weighted by atomic mass is 19.1. The summed E-state index contributed by atoms with van der Waals surface area (Å²) in [6.45, 7) is 1.50. The molecule has 2 amide bonds. The number of halogens is 1. The van der Waals surface area contributed by atoms with E-state index in [2.05, 4.69) is 10.3 Å². The molecule has 168 valence electrons. The summed E-state index contributed by atoms with van der Waals surface area (Å²) in [4.78, 5) is 27.8. The summed E-state index contributed by atoms with van der Waals surface area (Å²) in [6, 6.07) is 7.60. The number of primary amides is 1. The van der Waals surface area contributed by atoms with E-state index in [0.717, 1.165) is 0 Å². The van der Waals surface area contributed by atoms with Crippen molar-refractivity contribution in [2.75, 3.05) is 20.8 Å². The topological polar surface area (TPSA) is 118 Å². The maximum atomic E-state index is 14.6. The van der Waals surface area contributed by atoms with Gasteiger partial charge in [-0.15, -0.1) is 0 Å². The Bertz CT molecular complexity index is 1120. The zero-order valence-electron chi connectivity index (χ0n) is 17.8. The Morgan fingerprint density at radius 2 is 1.84 bits per heavy atom. The van der Waals surface area contributed by atoms with Gasteiger partial charge in [0, 0.05) is 24.5 Å². The molecule has 0 unspecified atom stereocenters. The van der Waals surface area contributed by atoms with Crippen LogP contribution in [0.3, 0.4) is 0 Å². The quantitative estimate of drug-likeness (QED) is 0.524. The summed E-state index contributed by atoms with van der Waals surface area (Å²) < 4.78 is 32.0. The van der Waals surface area contributed by atoms with Gasteiger partial charge in [-0.3, -0.25) is 9.59 Å². The third kappa shape index (κ3) is 4.97. The zero-order chi connectivity index (χ0) is 23.3. The van der Waals surface area contributed by atoms with Gasteiger partial charge in [-0.2, -0.15) is 0 Å². The average molecular weight is 442 g/mol. The molecule has 3 aromatic rings. The molecule has 0 fully saturated rings. The number of rotatable bonds is 9. The number of carbonyl (C=O) groups excluding carboxylic acids is 2. The minimum atomic E-state index is -0.669. The van der Waals surface area contributed by atoms with E-state index in [0.29, 0.717) is 17.1 Å². The van der Waals surface area contributed by atoms with Crippen LogP contribution < -0.4 is 25.3 Å². The Kier molecular flexibility index (Phi) is 6.93. The Hall–Kier alpha value is -4.08. The molecule has 0 aliphatic heterocycles. The van der Waals surface area contributed by atoms with Crippen LogP contribution in [0.2, 0.25) is 0 Å². The number of methoxy groups -OCH3 is 2. The lowest BCUT2D eigenvalue weighted by Crippen LogP contribution is -2.23. The van der Waals surface area contributed by atoms with E-state index < -0.39 is 17.6 Å². The molecule has 0 saturated carbocycles. The van der Waals surface area contributed by atoms with Gasteiger partial charge in [0.15, 0.2) is 18.1 Å². The molecule has 0 atom stereocenters. The van der Waals surface area contributed by atoms with Crippen molar-refractivity contribution in [1.29, 1.82) is 0 Å². The van der Waals surface area contributed by atoms with Gasteiger partial charge in [0.1, 0.15) is 11.6 Å². The second-order valence-electron chi connectivity index (χ2n) is 6.78. The molecular weight excluding hydrogens is 419 g/mol. The SMILES string of the molecule is COc1cc(C(=O)NCc2ccc(-n3ccnc3C)c(F)c2)cc(OC)c1OCC(N)=O. The Balaban J connectivity index is 1.75. The summed E-state index contributed by atoms with van der Waals surface area (Å²) in [5.41, 5.74) is 6.30. The molecule has 9 nitrogen and oxygen atoms in total. The van der Waals surface area contributed by atoms with Crippen LogP contribution >= 0.6 is 0 Å². The Morgan fingerprint density at radius 1 is 1.16 bits per heavy atom. The zero-order valence-corrected chi connectivity index (χ0v) is 17.8. The van der Waals surface area contributed by atoms with Gasteiger partial charge in [0.05, 0.1) is 19.9 Å². The first-order chi connectivity index (χ1) is 15.3. The summed E-state index contributed by atoms with van der Waals surface area (Å²) in [5.74, 6) is -0.329. The van der Waals surface area contributed by atoms with Gasteiger partial charge in [0.25, 0.3) is 11.8 Å². The lowest BCUT2D eigenvalue weighted by atomic mass is 10.1. The molecule has 1 heterocycles. The summed E-state index contributed by atoms with van der Waals surface area (Å²) in [6.07, 6.45) is 3.27. The minimum absolute atomic E-state index is 0.101. The largest absolute Gasteiger partial charge is 0.493 e. The van der Waals surface area contributed by atoms with Gasteiger partial charge in [-0.1, -0.05) is 6.07 Å². The van der Waals surface area contributed by atoms with Crippen LogP contribution in [0.4, 0.5) is 4.39 Å². The lowest BCUT2D eigenvalue weighted by molar-refractivity contribution is -0.120. The summed E-state index contributed by atoms with van der Waals surface area (Å²) in [7, 11) is 2.78. The van der Waals surface area contributed by atoms with E-state index in [4.69, 9.17) is 19.9 Å². The number of benzene rings is 2. The fourth-order valence-electron chi connectivity index (χ4n) is 3.07. The second-order valence-corrected chi connectivity index (χ2v) is 6.78. The van der Waals surface area contributed by atoms with E-state index in [1.807, 2.05) is 0 Å². The molecule has 32 heavy (non-hydrogen) atoms. The number of nitrogens with two attached hydrogens (primary N) is 1. The van der Waals surface area contributed by atoms with Crippen LogP contribution in [0, 0.1) is 12.7 Å². The first-order valence-corrected chi connectivity index (χ1v) is 9.58. The molecule has 0 saturated heterocycles. The second kappa shape index (κ2) is 9.82. The number of carbonyl (C=O) groups is 2. The number of nitrogens with one attached hydrogen (secondary N) is 1. The molecule has 1 aromatic heterocycles. The standard InChI is InChI=1S/C22H23FN4O5/c1-13-25-6-7-27(13)17-5-4-14(8-16(17)23)11-26-22(29)15-9-18(30-2)21(19(10-15)31-3)32-12-20(24)28/h4-10H,11-12H2,1-3H3,(H2,24,28)(H,26,29).